The number of alkyl halides is 2. The number of hydrogen-bond acceptors (Lipinski definition) is 7. The Morgan fingerprint density at radius 3 is 2.62 bits per heavy atom. The smallest absolute Gasteiger partial charge is 0.387 e. The maximum atomic E-state index is 12.1. The van der Waals surface area contributed by atoms with E-state index >= 15 is 0 Å². The summed E-state index contributed by atoms with van der Waals surface area (Å²) < 4.78 is 29.4. The molecule has 2 N–H and O–H groups in total. The summed E-state index contributed by atoms with van der Waals surface area (Å²) >= 11 is 2.91. The van der Waals surface area contributed by atoms with Crippen molar-refractivity contribution < 1.29 is 18.6 Å². The van der Waals surface area contributed by atoms with Crippen molar-refractivity contribution in [2.24, 2.45) is 0 Å². The number of nitrogens with one attached hydrogen (secondary N) is 1. The lowest BCUT2D eigenvalue weighted by Gasteiger charge is -2.21. The number of nitrogens with zero attached hydrogens (tertiary/aromatic N) is 2. The minimum Gasteiger partial charge on any atom is -0.435 e. The van der Waals surface area contributed by atoms with Crippen LogP contribution in [0.1, 0.15) is 43.8 Å². The Morgan fingerprint density at radius 1 is 1.19 bits per heavy atom. The molecule has 1 aliphatic rings. The molecule has 1 aliphatic carbocycles. The van der Waals surface area contributed by atoms with Gasteiger partial charge in [0.05, 0.1) is 6.10 Å². The molecular weight excluding hydrogens is 380 g/mol. The SMILES string of the molecule is OC(CSc1nnc(NC2CCCCC2)s1)c1ccc(OC(F)F)cc1. The minimum atomic E-state index is -2.85. The van der Waals surface area contributed by atoms with Gasteiger partial charge in [0.1, 0.15) is 5.75 Å². The van der Waals surface area contributed by atoms with Crippen LogP contribution in [-0.2, 0) is 0 Å². The number of rotatable bonds is 8. The average molecular weight is 402 g/mol. The number of aliphatic hydroxyl groups excluding tert-OH is 1. The van der Waals surface area contributed by atoms with Gasteiger partial charge in [0, 0.05) is 11.8 Å². The Labute approximate surface area is 159 Å². The van der Waals surface area contributed by atoms with E-state index in [0.29, 0.717) is 17.4 Å². The zero-order valence-electron chi connectivity index (χ0n) is 14.1. The number of halogens is 2. The van der Waals surface area contributed by atoms with Gasteiger partial charge in [0.25, 0.3) is 0 Å². The van der Waals surface area contributed by atoms with Crippen LogP contribution < -0.4 is 10.1 Å². The summed E-state index contributed by atoms with van der Waals surface area (Å²) in [7, 11) is 0. The van der Waals surface area contributed by atoms with Gasteiger partial charge in [-0.05, 0) is 30.5 Å². The van der Waals surface area contributed by atoms with Gasteiger partial charge in [-0.25, -0.2) is 0 Å². The van der Waals surface area contributed by atoms with Crippen LogP contribution >= 0.6 is 23.1 Å². The highest BCUT2D eigenvalue weighted by molar-refractivity contribution is 8.01. The highest BCUT2D eigenvalue weighted by Crippen LogP contribution is 2.31. The third-order valence-electron chi connectivity index (χ3n) is 4.19. The third-order valence-corrected chi connectivity index (χ3v) is 6.26. The molecule has 2 aromatic rings. The largest absolute Gasteiger partial charge is 0.435 e. The highest BCUT2D eigenvalue weighted by Gasteiger charge is 2.16. The standard InChI is InChI=1S/C17H21F2N3O2S2/c18-15(19)24-13-8-6-11(7-9-13)14(23)10-25-17-22-21-16(26-17)20-12-4-2-1-3-5-12/h6-9,12,14-15,23H,1-5,10H2,(H,20,21). The summed E-state index contributed by atoms with van der Waals surface area (Å²) in [6.45, 7) is -2.85. The Hall–Kier alpha value is -1.45. The summed E-state index contributed by atoms with van der Waals surface area (Å²) in [5, 5.41) is 22.8. The molecule has 0 saturated heterocycles. The van der Waals surface area contributed by atoms with Gasteiger partial charge in [0.15, 0.2) is 4.34 Å². The molecule has 142 valence electrons. The molecule has 0 radical (unpaired) electrons. The number of benzene rings is 1. The van der Waals surface area contributed by atoms with E-state index in [1.54, 1.807) is 12.1 Å². The molecule has 0 spiro atoms. The van der Waals surface area contributed by atoms with Crippen LogP contribution in [0.25, 0.3) is 0 Å². The van der Waals surface area contributed by atoms with Crippen molar-refractivity contribution in [2.75, 3.05) is 11.1 Å². The van der Waals surface area contributed by atoms with Crippen molar-refractivity contribution in [1.29, 1.82) is 0 Å². The van der Waals surface area contributed by atoms with Crippen molar-refractivity contribution >= 4 is 28.2 Å². The third kappa shape index (κ3) is 5.78. The molecule has 5 nitrogen and oxygen atoms in total. The monoisotopic (exact) mass is 401 g/mol. The minimum absolute atomic E-state index is 0.0751. The summed E-state index contributed by atoms with van der Waals surface area (Å²) in [5.74, 6) is 0.485. The topological polar surface area (TPSA) is 67.3 Å². The molecule has 1 fully saturated rings. The van der Waals surface area contributed by atoms with Gasteiger partial charge >= 0.3 is 6.61 Å². The molecule has 0 aliphatic heterocycles. The Kier molecular flexibility index (Phi) is 7.04. The molecule has 1 saturated carbocycles. The molecular formula is C17H21F2N3O2S2. The second kappa shape index (κ2) is 9.48. The molecule has 26 heavy (non-hydrogen) atoms. The van der Waals surface area contributed by atoms with Crippen LogP contribution in [0.3, 0.4) is 0 Å². The van der Waals surface area contributed by atoms with Gasteiger partial charge in [-0.3, -0.25) is 0 Å². The van der Waals surface area contributed by atoms with E-state index in [4.69, 9.17) is 0 Å². The lowest BCUT2D eigenvalue weighted by Crippen LogP contribution is -2.21. The zero-order chi connectivity index (χ0) is 18.4. The van der Waals surface area contributed by atoms with Crippen LogP contribution in [0, 0.1) is 0 Å². The lowest BCUT2D eigenvalue weighted by molar-refractivity contribution is -0.0498. The first-order valence-electron chi connectivity index (χ1n) is 8.56. The fourth-order valence-electron chi connectivity index (χ4n) is 2.87. The molecule has 1 unspecified atom stereocenters. The molecule has 1 aromatic heterocycles. The summed E-state index contributed by atoms with van der Waals surface area (Å²) in [6.07, 6.45) is 5.44. The van der Waals surface area contributed by atoms with E-state index in [1.807, 2.05) is 0 Å². The Morgan fingerprint density at radius 2 is 1.92 bits per heavy atom. The Balaban J connectivity index is 1.47. The first kappa shape index (κ1) is 19.3. The van der Waals surface area contributed by atoms with Crippen molar-refractivity contribution in [3.8, 4) is 5.75 Å². The highest BCUT2D eigenvalue weighted by atomic mass is 32.2. The molecule has 3 rings (SSSR count). The number of hydrogen-bond donors (Lipinski definition) is 2. The zero-order valence-corrected chi connectivity index (χ0v) is 15.7. The molecule has 0 amide bonds. The number of anilines is 1. The average Bonchev–Trinajstić information content (AvgIpc) is 3.08. The van der Waals surface area contributed by atoms with Crippen molar-refractivity contribution in [2.45, 2.75) is 55.2 Å². The molecule has 0 bridgehead atoms. The number of ether oxygens (including phenoxy) is 1. The van der Waals surface area contributed by atoms with Gasteiger partial charge < -0.3 is 15.2 Å². The first-order valence-corrected chi connectivity index (χ1v) is 10.4. The fourth-order valence-corrected chi connectivity index (χ4v) is 4.69. The van der Waals surface area contributed by atoms with E-state index in [9.17, 15) is 13.9 Å². The maximum absolute atomic E-state index is 12.1. The molecule has 1 heterocycles. The van der Waals surface area contributed by atoms with Crippen LogP contribution in [0.4, 0.5) is 13.9 Å². The van der Waals surface area contributed by atoms with E-state index in [0.717, 1.165) is 9.47 Å². The summed E-state index contributed by atoms with van der Waals surface area (Å²) in [5.41, 5.74) is 0.643. The van der Waals surface area contributed by atoms with Crippen molar-refractivity contribution in [3.63, 3.8) is 0 Å². The van der Waals surface area contributed by atoms with E-state index < -0.39 is 12.7 Å². The summed E-state index contributed by atoms with van der Waals surface area (Å²) in [4.78, 5) is 0. The van der Waals surface area contributed by atoms with Gasteiger partial charge in [0.2, 0.25) is 5.13 Å². The summed E-state index contributed by atoms with van der Waals surface area (Å²) in [6, 6.07) is 6.49. The Bertz CT molecular complexity index is 679. The second-order valence-electron chi connectivity index (χ2n) is 6.13. The van der Waals surface area contributed by atoms with E-state index in [2.05, 4.69) is 20.3 Å². The number of thioether (sulfide) groups is 1. The predicted octanol–water partition coefficient (Wildman–Crippen LogP) is 4.71. The van der Waals surface area contributed by atoms with Crippen LogP contribution in [0.15, 0.2) is 28.6 Å². The number of aliphatic hydroxyl groups is 1. The van der Waals surface area contributed by atoms with Gasteiger partial charge in [-0.1, -0.05) is 54.5 Å². The molecule has 1 atom stereocenters. The van der Waals surface area contributed by atoms with Crippen LogP contribution in [0.5, 0.6) is 5.75 Å². The van der Waals surface area contributed by atoms with E-state index in [-0.39, 0.29) is 5.75 Å². The van der Waals surface area contributed by atoms with Crippen molar-refractivity contribution in [1.82, 2.24) is 10.2 Å². The van der Waals surface area contributed by atoms with Crippen molar-refractivity contribution in [3.05, 3.63) is 29.8 Å². The van der Waals surface area contributed by atoms with Gasteiger partial charge in [-0.2, -0.15) is 8.78 Å². The molecule has 1 aromatic carbocycles. The molecule has 9 heteroatoms. The lowest BCUT2D eigenvalue weighted by atomic mass is 9.96. The predicted molar refractivity (Wildman–Crippen MR) is 99.2 cm³/mol. The van der Waals surface area contributed by atoms with Crippen LogP contribution in [0.2, 0.25) is 0 Å². The quantitative estimate of drug-likeness (QED) is 0.625. The van der Waals surface area contributed by atoms with Gasteiger partial charge in [-0.15, -0.1) is 10.2 Å². The second-order valence-corrected chi connectivity index (χ2v) is 8.37. The fraction of sp³-hybridized carbons (Fsp3) is 0.529. The van der Waals surface area contributed by atoms with Crippen LogP contribution in [-0.4, -0.2) is 33.7 Å². The maximum Gasteiger partial charge on any atom is 0.387 e. The first-order chi connectivity index (χ1) is 12.6. The normalized spacial score (nSPS) is 16.6. The van der Waals surface area contributed by atoms with E-state index in [1.165, 1.54) is 67.3 Å². The number of aromatic nitrogens is 2.